The zero-order valence-electron chi connectivity index (χ0n) is 24.1. The van der Waals surface area contributed by atoms with Crippen LogP contribution in [-0.4, -0.2) is 31.4 Å². The number of nitrogens with one attached hydrogen (secondary N) is 1. The first-order valence-electron chi connectivity index (χ1n) is 14.7. The minimum Gasteiger partial charge on any atom is -0.352 e. The van der Waals surface area contributed by atoms with Gasteiger partial charge in [-0.05, 0) is 46.2 Å². The fraction of sp³-hybridized carbons (Fsp3) is 0. The first-order valence-corrected chi connectivity index (χ1v) is 18.1. The molecule has 1 aliphatic heterocycles. The topological polar surface area (TPSA) is 130 Å². The molecule has 0 saturated heterocycles. The van der Waals surface area contributed by atoms with E-state index >= 15 is 0 Å². The van der Waals surface area contributed by atoms with Crippen molar-refractivity contribution in [3.63, 3.8) is 0 Å². The number of rotatable bonds is 3. The van der Waals surface area contributed by atoms with E-state index in [0.717, 1.165) is 59.5 Å². The summed E-state index contributed by atoms with van der Waals surface area (Å²) < 4.78 is 63.1. The summed E-state index contributed by atoms with van der Waals surface area (Å²) >= 11 is 0. The van der Waals surface area contributed by atoms with Gasteiger partial charge in [0.25, 0.3) is 0 Å². The molecule has 0 saturated carbocycles. The first-order chi connectivity index (χ1) is 22.7. The third-order valence-corrected chi connectivity index (χ3v) is 12.7. The van der Waals surface area contributed by atoms with Crippen LogP contribution in [0.25, 0.3) is 77.6 Å². The smallest absolute Gasteiger partial charge is 0.352 e. The second-order valence-corrected chi connectivity index (χ2v) is 16.4. The van der Waals surface area contributed by atoms with E-state index in [1.54, 1.807) is 24.3 Å². The van der Waals surface area contributed by atoms with Crippen LogP contribution in [0.2, 0.25) is 0 Å². The molecule has 1 aromatic heterocycles. The molecule has 11 heteroatoms. The molecule has 3 aliphatic rings. The van der Waals surface area contributed by atoms with E-state index in [9.17, 15) is 21.4 Å². The van der Waals surface area contributed by atoms with Crippen LogP contribution < -0.4 is 9.62 Å². The van der Waals surface area contributed by atoms with E-state index < -0.39 is 18.2 Å². The maximum Gasteiger partial charge on any atom is 0.391 e. The predicted molar refractivity (Wildman–Crippen MR) is 184 cm³/mol. The zero-order valence-corrected chi connectivity index (χ0v) is 25.8. The molecule has 10 rings (SSSR count). The third kappa shape index (κ3) is 3.45. The van der Waals surface area contributed by atoms with Crippen LogP contribution in [0.15, 0.2) is 109 Å². The van der Waals surface area contributed by atoms with Gasteiger partial charge in [-0.2, -0.15) is 16.8 Å². The van der Waals surface area contributed by atoms with Gasteiger partial charge < -0.3 is 5.32 Å². The summed E-state index contributed by atoms with van der Waals surface area (Å²) in [5.74, 6) is 0. The SMILES string of the molecule is O=S(=O)(O)S(=O)(=O)N1C2=C(Nc3ccc(-c4ccc5nc6c(nc5c4)-c4cccc5cccc-6c45)cc31)c1cccc3cccc2c13. The van der Waals surface area contributed by atoms with E-state index in [0.29, 0.717) is 33.5 Å². The number of benzene rings is 6. The molecule has 0 spiro atoms. The minimum absolute atomic E-state index is 0.0611. The van der Waals surface area contributed by atoms with Crippen molar-refractivity contribution in [3.05, 3.63) is 120 Å². The summed E-state index contributed by atoms with van der Waals surface area (Å²) in [7, 11) is -10.9. The van der Waals surface area contributed by atoms with Crippen molar-refractivity contribution in [2.75, 3.05) is 9.62 Å². The van der Waals surface area contributed by atoms with E-state index in [1.165, 1.54) is 0 Å². The Hall–Kier alpha value is -5.62. The number of hydrogen-bond donors (Lipinski definition) is 2. The van der Waals surface area contributed by atoms with Gasteiger partial charge in [0, 0.05) is 33.0 Å². The van der Waals surface area contributed by atoms with E-state index in [1.807, 2.05) is 66.7 Å². The average Bonchev–Trinajstić information content (AvgIpc) is 3.56. The summed E-state index contributed by atoms with van der Waals surface area (Å²) in [6.07, 6.45) is 0. The molecule has 47 heavy (non-hydrogen) atoms. The largest absolute Gasteiger partial charge is 0.391 e. The van der Waals surface area contributed by atoms with Crippen LogP contribution in [0.5, 0.6) is 0 Å². The van der Waals surface area contributed by atoms with Crippen LogP contribution >= 0.6 is 0 Å². The lowest BCUT2D eigenvalue weighted by atomic mass is 10.0. The van der Waals surface area contributed by atoms with Crippen molar-refractivity contribution in [3.8, 4) is 33.6 Å². The lowest BCUT2D eigenvalue weighted by molar-refractivity contribution is 0.493. The van der Waals surface area contributed by atoms with Crippen molar-refractivity contribution >= 4 is 73.6 Å². The highest BCUT2D eigenvalue weighted by Crippen LogP contribution is 2.52. The summed E-state index contributed by atoms with van der Waals surface area (Å²) in [4.78, 5) is 10.0. The summed E-state index contributed by atoms with van der Waals surface area (Å²) in [5, 5.41) is 7.25. The number of hydrogen-bond acceptors (Lipinski definition) is 7. The van der Waals surface area contributed by atoms with Crippen LogP contribution in [0.1, 0.15) is 11.1 Å². The minimum atomic E-state index is -5.57. The van der Waals surface area contributed by atoms with Gasteiger partial charge in [-0.15, -0.1) is 0 Å². The molecule has 2 N–H and O–H groups in total. The molecule has 7 aromatic rings. The Labute approximate surface area is 267 Å². The lowest BCUT2D eigenvalue weighted by Gasteiger charge is -2.32. The molecule has 2 heterocycles. The zero-order chi connectivity index (χ0) is 31.8. The third-order valence-electron chi connectivity index (χ3n) is 9.25. The van der Waals surface area contributed by atoms with Crippen LogP contribution in [-0.2, 0) is 18.2 Å². The second kappa shape index (κ2) is 8.80. The van der Waals surface area contributed by atoms with E-state index in [4.69, 9.17) is 9.97 Å². The Balaban J connectivity index is 1.15. The highest BCUT2D eigenvalue weighted by atomic mass is 33.2. The van der Waals surface area contributed by atoms with Gasteiger partial charge in [0.1, 0.15) is 0 Å². The Morgan fingerprint density at radius 1 is 0.596 bits per heavy atom. The molecule has 226 valence electrons. The lowest BCUT2D eigenvalue weighted by Crippen LogP contribution is -2.37. The molecule has 0 atom stereocenters. The summed E-state index contributed by atoms with van der Waals surface area (Å²) in [6, 6.07) is 34.1. The Bertz CT molecular complexity index is 2870. The van der Waals surface area contributed by atoms with Crippen molar-refractivity contribution in [1.29, 1.82) is 0 Å². The molecule has 0 unspecified atom stereocenters. The molecule has 0 amide bonds. The van der Waals surface area contributed by atoms with Crippen LogP contribution in [0.4, 0.5) is 11.4 Å². The molecule has 0 bridgehead atoms. The Morgan fingerprint density at radius 3 is 1.81 bits per heavy atom. The van der Waals surface area contributed by atoms with Crippen molar-refractivity contribution < 1.29 is 21.4 Å². The normalized spacial score (nSPS) is 14.4. The molecular weight excluding hydrogens is 633 g/mol. The second-order valence-electron chi connectivity index (χ2n) is 11.8. The summed E-state index contributed by atoms with van der Waals surface area (Å²) in [5.41, 5.74) is 8.69. The van der Waals surface area contributed by atoms with Crippen molar-refractivity contribution in [1.82, 2.24) is 9.97 Å². The monoisotopic (exact) mass is 652 g/mol. The molecule has 0 fully saturated rings. The number of fused-ring (bicyclic) bond motifs is 7. The fourth-order valence-corrected chi connectivity index (χ4v) is 9.28. The van der Waals surface area contributed by atoms with E-state index in [-0.39, 0.29) is 11.4 Å². The maximum absolute atomic E-state index is 13.7. The summed E-state index contributed by atoms with van der Waals surface area (Å²) in [6.45, 7) is 0. The number of nitrogens with zero attached hydrogens (tertiary/aromatic N) is 3. The molecule has 6 aromatic carbocycles. The van der Waals surface area contributed by atoms with Gasteiger partial charge in [-0.25, -0.2) is 14.3 Å². The highest BCUT2D eigenvalue weighted by Gasteiger charge is 2.45. The van der Waals surface area contributed by atoms with Gasteiger partial charge in [0.2, 0.25) is 0 Å². The Kier molecular flexibility index (Phi) is 4.97. The number of anilines is 2. The molecule has 0 radical (unpaired) electrons. The van der Waals surface area contributed by atoms with E-state index in [2.05, 4.69) is 23.5 Å². The van der Waals surface area contributed by atoms with Gasteiger partial charge in [0.05, 0.1) is 45.2 Å². The van der Waals surface area contributed by atoms with Gasteiger partial charge in [-0.1, -0.05) is 84.9 Å². The van der Waals surface area contributed by atoms with Crippen molar-refractivity contribution in [2.45, 2.75) is 0 Å². The fourth-order valence-electron chi connectivity index (χ4n) is 7.26. The van der Waals surface area contributed by atoms with Crippen LogP contribution in [0, 0.1) is 0 Å². The van der Waals surface area contributed by atoms with Gasteiger partial charge in [-0.3, -0.25) is 4.55 Å². The highest BCUT2D eigenvalue weighted by molar-refractivity contribution is 8.65. The molecule has 2 aliphatic carbocycles. The number of aromatic nitrogens is 2. The Morgan fingerprint density at radius 2 is 1.15 bits per heavy atom. The molecular formula is C36H20N4O5S2. The first kappa shape index (κ1) is 26.6. The molecule has 9 nitrogen and oxygen atoms in total. The average molecular weight is 653 g/mol. The predicted octanol–water partition coefficient (Wildman–Crippen LogP) is 7.45. The van der Waals surface area contributed by atoms with Gasteiger partial charge >= 0.3 is 18.2 Å². The maximum atomic E-state index is 13.7. The quantitative estimate of drug-likeness (QED) is 0.149. The van der Waals surface area contributed by atoms with Gasteiger partial charge in [0.15, 0.2) is 0 Å². The standard InChI is InChI=1S/C36H20N4O5S2/c41-46(42,47(43,44)45)40-30-18-22(14-16-28(30)38-35-25-11-3-7-20-8-4-12-26(32(20)25)36(35)40)21-13-15-27-29(17-21)39-34-24-10-2-6-19-5-1-9-23(31(19)24)33(34)37-27/h1-18,38H,(H,43,44,45). The van der Waals surface area contributed by atoms with Crippen LogP contribution in [0.3, 0.4) is 0 Å². The van der Waals surface area contributed by atoms with Crippen molar-refractivity contribution in [2.24, 2.45) is 0 Å².